The zero-order valence-corrected chi connectivity index (χ0v) is 18.7. The first-order chi connectivity index (χ1) is 16.7. The molecule has 3 N–H and O–H groups in total. The van der Waals surface area contributed by atoms with E-state index in [9.17, 15) is 59.0 Å². The molecule has 2 amide bonds. The van der Waals surface area contributed by atoms with Crippen LogP contribution in [0.4, 0.5) is 50.0 Å². The summed E-state index contributed by atoms with van der Waals surface area (Å²) in [7, 11) is 0. The molecule has 0 aliphatic heterocycles. The fraction of sp³-hybridized carbons (Fsp3) is 0.526. The Morgan fingerprint density at radius 2 is 1.30 bits per heavy atom. The van der Waals surface area contributed by atoms with Gasteiger partial charge in [-0.15, -0.1) is 0 Å². The van der Waals surface area contributed by atoms with E-state index in [4.69, 9.17) is 0 Å². The first-order valence-corrected chi connectivity index (χ1v) is 9.85. The Balaban J connectivity index is 3.29. The lowest BCUT2D eigenvalue weighted by Gasteiger charge is -2.33. The Kier molecular flexibility index (Phi) is 9.79. The number of carbonyl (C=O) groups excluding carboxylic acids is 3. The van der Waals surface area contributed by atoms with Crippen LogP contribution in [0.2, 0.25) is 0 Å². The highest BCUT2D eigenvalue weighted by molar-refractivity contribution is 5.94. The average molecular weight is 558 g/mol. The van der Waals surface area contributed by atoms with Crippen LogP contribution >= 0.6 is 0 Å². The number of alkyl halides is 9. The molecule has 9 nitrogen and oxygen atoms in total. The number of nitrogens with one attached hydrogen (secondary N) is 2. The molecule has 1 aromatic rings. The molecule has 18 heteroatoms. The van der Waals surface area contributed by atoms with Crippen LogP contribution in [-0.4, -0.2) is 67.2 Å². The number of hydrogen-bond acceptors (Lipinski definition) is 7. The van der Waals surface area contributed by atoms with Crippen molar-refractivity contribution >= 4 is 23.7 Å². The number of amides is 2. The summed E-state index contributed by atoms with van der Waals surface area (Å²) in [4.78, 5) is 35.8. The Labute approximate surface area is 201 Å². The molecule has 0 radical (unpaired) electrons. The van der Waals surface area contributed by atoms with Crippen molar-refractivity contribution in [2.24, 2.45) is 0 Å². The molecule has 0 saturated heterocycles. The normalized spacial score (nSPS) is 15.7. The summed E-state index contributed by atoms with van der Waals surface area (Å²) >= 11 is 0. The summed E-state index contributed by atoms with van der Waals surface area (Å²) in [6, 6.07) is 0.129. The van der Waals surface area contributed by atoms with E-state index in [1.165, 1.54) is 0 Å². The van der Waals surface area contributed by atoms with Gasteiger partial charge in [-0.3, -0.25) is 5.32 Å². The van der Waals surface area contributed by atoms with Gasteiger partial charge in [-0.1, -0.05) is 12.1 Å². The third-order valence-corrected chi connectivity index (χ3v) is 4.25. The second-order valence-corrected chi connectivity index (χ2v) is 6.89. The number of rotatable bonds is 9. The Morgan fingerprint density at radius 3 is 1.70 bits per heavy atom. The number of aliphatic hydroxyl groups is 1. The predicted octanol–water partition coefficient (Wildman–Crippen LogP) is 3.52. The Bertz CT molecular complexity index is 965. The highest BCUT2D eigenvalue weighted by Crippen LogP contribution is 2.40. The van der Waals surface area contributed by atoms with Crippen molar-refractivity contribution in [3.05, 3.63) is 29.8 Å². The molecule has 37 heavy (non-hydrogen) atoms. The first-order valence-electron chi connectivity index (χ1n) is 9.85. The Hall–Kier alpha value is -3.28. The first kappa shape index (κ1) is 31.7. The average Bonchev–Trinajstić information content (AvgIpc) is 2.74. The van der Waals surface area contributed by atoms with Gasteiger partial charge in [0.25, 0.3) is 5.60 Å². The minimum Gasteiger partial charge on any atom is -0.463 e. The molecule has 0 aliphatic carbocycles. The molecule has 210 valence electrons. The number of halogens is 9. The van der Waals surface area contributed by atoms with Crippen molar-refractivity contribution in [3.8, 4) is 0 Å². The van der Waals surface area contributed by atoms with Crippen LogP contribution in [0.5, 0.6) is 0 Å². The molecule has 0 spiro atoms. The summed E-state index contributed by atoms with van der Waals surface area (Å²) < 4.78 is 131. The van der Waals surface area contributed by atoms with Gasteiger partial charge in [0.2, 0.25) is 0 Å². The molecule has 0 saturated carbocycles. The van der Waals surface area contributed by atoms with Crippen molar-refractivity contribution in [2.45, 2.75) is 43.7 Å². The van der Waals surface area contributed by atoms with Gasteiger partial charge in [0, 0.05) is 11.3 Å². The summed E-state index contributed by atoms with van der Waals surface area (Å²) in [6.07, 6.45) is -16.9. The van der Waals surface area contributed by atoms with E-state index < -0.39 is 78.9 Å². The monoisotopic (exact) mass is 558 g/mol. The van der Waals surface area contributed by atoms with Crippen LogP contribution < -0.4 is 10.6 Å². The third-order valence-electron chi connectivity index (χ3n) is 4.25. The van der Waals surface area contributed by atoms with Gasteiger partial charge in [0.1, 0.15) is 6.61 Å². The maximum Gasteiger partial charge on any atom is 0.448 e. The van der Waals surface area contributed by atoms with Crippen LogP contribution in [0.1, 0.15) is 19.4 Å². The molecule has 0 aromatic heterocycles. The van der Waals surface area contributed by atoms with E-state index in [2.05, 4.69) is 14.2 Å². The van der Waals surface area contributed by atoms with Gasteiger partial charge in [-0.2, -0.15) is 39.5 Å². The number of hydrogen-bond donors (Lipinski definition) is 3. The van der Waals surface area contributed by atoms with Gasteiger partial charge in [-0.25, -0.2) is 14.4 Å². The lowest BCUT2D eigenvalue weighted by atomic mass is 9.93. The Morgan fingerprint density at radius 1 is 0.811 bits per heavy atom. The van der Waals surface area contributed by atoms with Crippen molar-refractivity contribution in [2.75, 3.05) is 25.1 Å². The minimum atomic E-state index is -5.98. The summed E-state index contributed by atoms with van der Waals surface area (Å²) in [5, 5.41) is 12.5. The van der Waals surface area contributed by atoms with Crippen molar-refractivity contribution < 1.29 is 73.2 Å². The zero-order chi connectivity index (χ0) is 28.9. The van der Waals surface area contributed by atoms with Gasteiger partial charge in [-0.05, 0) is 26.0 Å². The number of ether oxygens (including phenoxy) is 3. The van der Waals surface area contributed by atoms with E-state index in [1.54, 1.807) is 5.32 Å². The standard InChI is InChI=1S/C19H19F9N2O7/c1-3-35-12(31)16(34,18(23,24)25)10-5-7-11(8-6-10)29-14(33)30-17(19(26,27)28,13(32)36-4-2)37-9-15(20,21)22/h5-8,34H,3-4,9H2,1-2H3,(H2,29,30,33)/t16-,17+/m1/s1. The second kappa shape index (κ2) is 11.4. The molecule has 0 fully saturated rings. The smallest absolute Gasteiger partial charge is 0.448 e. The van der Waals surface area contributed by atoms with Crippen LogP contribution in [-0.2, 0) is 29.4 Å². The van der Waals surface area contributed by atoms with Gasteiger partial charge in [0.05, 0.1) is 13.2 Å². The SMILES string of the molecule is CCOC(=O)[C@](NC(=O)Nc1ccc([C@@](O)(C(=O)OCC)C(F)(F)F)cc1)(OCC(F)(F)F)C(F)(F)F. The highest BCUT2D eigenvalue weighted by Gasteiger charge is 2.66. The van der Waals surface area contributed by atoms with Crippen molar-refractivity contribution in [1.29, 1.82) is 0 Å². The van der Waals surface area contributed by atoms with Crippen molar-refractivity contribution in [1.82, 2.24) is 5.32 Å². The molecular formula is C19H19F9N2O7. The topological polar surface area (TPSA) is 123 Å². The fourth-order valence-electron chi connectivity index (χ4n) is 2.59. The van der Waals surface area contributed by atoms with Gasteiger partial charge >= 0.3 is 42.2 Å². The summed E-state index contributed by atoms with van der Waals surface area (Å²) in [6.45, 7) is -1.74. The van der Waals surface area contributed by atoms with Crippen LogP contribution in [0.25, 0.3) is 0 Å². The number of esters is 2. The lowest BCUT2D eigenvalue weighted by molar-refractivity contribution is -0.305. The number of carbonyl (C=O) groups is 3. The molecule has 0 heterocycles. The highest BCUT2D eigenvalue weighted by atomic mass is 19.4. The summed E-state index contributed by atoms with van der Waals surface area (Å²) in [5.74, 6) is -4.53. The van der Waals surface area contributed by atoms with E-state index in [1.807, 2.05) is 0 Å². The lowest BCUT2D eigenvalue weighted by Crippen LogP contribution is -2.67. The van der Waals surface area contributed by atoms with Crippen molar-refractivity contribution in [3.63, 3.8) is 0 Å². The number of anilines is 1. The molecule has 1 rings (SSSR count). The predicted molar refractivity (Wildman–Crippen MR) is 103 cm³/mol. The number of benzene rings is 1. The van der Waals surface area contributed by atoms with E-state index in [0.717, 1.165) is 19.2 Å². The minimum absolute atomic E-state index is 0.461. The third kappa shape index (κ3) is 7.37. The second-order valence-electron chi connectivity index (χ2n) is 6.89. The van der Waals surface area contributed by atoms with Crippen LogP contribution in [0.15, 0.2) is 24.3 Å². The molecular weight excluding hydrogens is 539 g/mol. The van der Waals surface area contributed by atoms with Crippen LogP contribution in [0.3, 0.4) is 0 Å². The van der Waals surface area contributed by atoms with E-state index >= 15 is 0 Å². The molecule has 1 aromatic carbocycles. The number of urea groups is 1. The maximum atomic E-state index is 13.6. The molecule has 0 bridgehead atoms. The van der Waals surface area contributed by atoms with E-state index in [-0.39, 0.29) is 0 Å². The van der Waals surface area contributed by atoms with Crippen LogP contribution in [0, 0.1) is 0 Å². The molecule has 0 unspecified atom stereocenters. The molecule has 0 aliphatic rings. The fourth-order valence-corrected chi connectivity index (χ4v) is 2.59. The zero-order valence-electron chi connectivity index (χ0n) is 18.7. The largest absolute Gasteiger partial charge is 0.463 e. The van der Waals surface area contributed by atoms with Gasteiger partial charge < -0.3 is 24.6 Å². The maximum absolute atomic E-state index is 13.6. The molecule has 2 atom stereocenters. The summed E-state index contributed by atoms with van der Waals surface area (Å²) in [5.41, 5.74) is -10.5. The quantitative estimate of drug-likeness (QED) is 0.241. The van der Waals surface area contributed by atoms with E-state index in [0.29, 0.717) is 24.3 Å². The van der Waals surface area contributed by atoms with Gasteiger partial charge in [0.15, 0.2) is 0 Å².